The van der Waals surface area contributed by atoms with E-state index in [9.17, 15) is 4.79 Å². The molecule has 0 bridgehead atoms. The van der Waals surface area contributed by atoms with Gasteiger partial charge in [0.2, 0.25) is 5.91 Å². The van der Waals surface area contributed by atoms with E-state index in [0.717, 1.165) is 61.8 Å². The molecule has 3 aliphatic heterocycles. The lowest BCUT2D eigenvalue weighted by Crippen LogP contribution is -2.46. The SMILES string of the molecule is O=C(NC(Cc1ccc(OC2COC2)c(Cl)c1)CN1CCCC1)[C@@H]1CCN(c2ccc(Cl)cc2)C1. The molecule has 2 atom stereocenters. The fraction of sp³-hybridized carbons (Fsp3) is 0.519. The molecule has 5 rings (SSSR count). The third-order valence-electron chi connectivity index (χ3n) is 7.15. The van der Waals surface area contributed by atoms with Crippen molar-refractivity contribution >= 4 is 34.8 Å². The summed E-state index contributed by atoms with van der Waals surface area (Å²) < 4.78 is 11.1. The summed E-state index contributed by atoms with van der Waals surface area (Å²) in [7, 11) is 0. The summed E-state index contributed by atoms with van der Waals surface area (Å²) in [6.07, 6.45) is 4.12. The molecular weight excluding hydrogens is 485 g/mol. The molecule has 1 unspecified atom stereocenters. The van der Waals surface area contributed by atoms with Crippen LogP contribution in [0.15, 0.2) is 42.5 Å². The van der Waals surface area contributed by atoms with Crippen LogP contribution < -0.4 is 15.0 Å². The number of nitrogens with zero attached hydrogens (tertiary/aromatic N) is 2. The Morgan fingerprint density at radius 3 is 2.54 bits per heavy atom. The van der Waals surface area contributed by atoms with Crippen molar-refractivity contribution in [2.24, 2.45) is 5.92 Å². The summed E-state index contributed by atoms with van der Waals surface area (Å²) in [6, 6.07) is 13.8. The fourth-order valence-corrected chi connectivity index (χ4v) is 5.50. The van der Waals surface area contributed by atoms with Crippen LogP contribution in [0.3, 0.4) is 0 Å². The van der Waals surface area contributed by atoms with E-state index in [-0.39, 0.29) is 24.0 Å². The highest BCUT2D eigenvalue weighted by Crippen LogP contribution is 2.29. The predicted molar refractivity (Wildman–Crippen MR) is 140 cm³/mol. The number of ether oxygens (including phenoxy) is 2. The van der Waals surface area contributed by atoms with Crippen LogP contribution in [0.1, 0.15) is 24.8 Å². The maximum Gasteiger partial charge on any atom is 0.225 e. The summed E-state index contributed by atoms with van der Waals surface area (Å²) in [5.74, 6) is 0.814. The van der Waals surface area contributed by atoms with E-state index < -0.39 is 0 Å². The predicted octanol–water partition coefficient (Wildman–Crippen LogP) is 4.42. The first-order valence-electron chi connectivity index (χ1n) is 12.6. The third kappa shape index (κ3) is 6.42. The Hall–Kier alpha value is -1.99. The maximum absolute atomic E-state index is 13.3. The number of rotatable bonds is 9. The molecule has 0 aliphatic carbocycles. The summed E-state index contributed by atoms with van der Waals surface area (Å²) in [4.78, 5) is 18.0. The number of likely N-dealkylation sites (tertiary alicyclic amines) is 1. The van der Waals surface area contributed by atoms with E-state index in [0.29, 0.717) is 24.0 Å². The van der Waals surface area contributed by atoms with Crippen molar-refractivity contribution < 1.29 is 14.3 Å². The summed E-state index contributed by atoms with van der Waals surface area (Å²) in [5, 5.41) is 4.71. The Morgan fingerprint density at radius 1 is 1.09 bits per heavy atom. The molecule has 3 aliphatic rings. The van der Waals surface area contributed by atoms with Gasteiger partial charge in [-0.3, -0.25) is 4.79 Å². The highest BCUT2D eigenvalue weighted by Gasteiger charge is 2.30. The molecule has 1 N–H and O–H groups in total. The first kappa shape index (κ1) is 24.7. The maximum atomic E-state index is 13.3. The van der Waals surface area contributed by atoms with Gasteiger partial charge < -0.3 is 24.6 Å². The lowest BCUT2D eigenvalue weighted by atomic mass is 10.0. The van der Waals surface area contributed by atoms with E-state index in [1.165, 1.54) is 12.8 Å². The summed E-state index contributed by atoms with van der Waals surface area (Å²) in [5.41, 5.74) is 2.22. The molecule has 3 saturated heterocycles. The Kier molecular flexibility index (Phi) is 8.03. The fourth-order valence-electron chi connectivity index (χ4n) is 5.13. The van der Waals surface area contributed by atoms with E-state index in [1.54, 1.807) is 0 Å². The van der Waals surface area contributed by atoms with E-state index >= 15 is 0 Å². The van der Waals surface area contributed by atoms with Gasteiger partial charge in [0.15, 0.2) is 0 Å². The van der Waals surface area contributed by atoms with Crippen LogP contribution in [-0.4, -0.2) is 68.9 Å². The monoisotopic (exact) mass is 517 g/mol. The second-order valence-corrected chi connectivity index (χ2v) is 10.7. The summed E-state index contributed by atoms with van der Waals surface area (Å²) in [6.45, 7) is 5.87. The first-order valence-corrected chi connectivity index (χ1v) is 13.3. The molecule has 0 saturated carbocycles. The van der Waals surface area contributed by atoms with Gasteiger partial charge in [0.05, 0.1) is 24.2 Å². The highest BCUT2D eigenvalue weighted by molar-refractivity contribution is 6.32. The van der Waals surface area contributed by atoms with Crippen LogP contribution >= 0.6 is 23.2 Å². The van der Waals surface area contributed by atoms with Crippen LogP contribution in [-0.2, 0) is 16.0 Å². The van der Waals surface area contributed by atoms with E-state index in [4.69, 9.17) is 32.7 Å². The van der Waals surface area contributed by atoms with Gasteiger partial charge in [-0.25, -0.2) is 0 Å². The van der Waals surface area contributed by atoms with Crippen molar-refractivity contribution in [3.05, 3.63) is 58.1 Å². The number of hydrogen-bond acceptors (Lipinski definition) is 5. The number of carbonyl (C=O) groups excluding carboxylic acids is 1. The third-order valence-corrected chi connectivity index (χ3v) is 7.70. The van der Waals surface area contributed by atoms with Gasteiger partial charge in [0.1, 0.15) is 11.9 Å². The average molecular weight is 518 g/mol. The zero-order valence-corrected chi connectivity index (χ0v) is 21.4. The van der Waals surface area contributed by atoms with Crippen molar-refractivity contribution in [3.8, 4) is 5.75 Å². The lowest BCUT2D eigenvalue weighted by molar-refractivity contribution is -0.125. The molecule has 2 aromatic rings. The smallest absolute Gasteiger partial charge is 0.225 e. The lowest BCUT2D eigenvalue weighted by Gasteiger charge is -2.28. The largest absolute Gasteiger partial charge is 0.484 e. The van der Waals surface area contributed by atoms with Gasteiger partial charge in [0, 0.05) is 36.4 Å². The first-order chi connectivity index (χ1) is 17.0. The molecule has 3 heterocycles. The number of hydrogen-bond donors (Lipinski definition) is 1. The number of amides is 1. The number of anilines is 1. The van der Waals surface area contributed by atoms with Gasteiger partial charge in [-0.1, -0.05) is 29.3 Å². The van der Waals surface area contributed by atoms with Gasteiger partial charge in [0.25, 0.3) is 0 Å². The molecular formula is C27H33Cl2N3O3. The van der Waals surface area contributed by atoms with Crippen LogP contribution in [0, 0.1) is 5.92 Å². The van der Waals surface area contributed by atoms with Crippen molar-refractivity contribution in [3.63, 3.8) is 0 Å². The zero-order valence-electron chi connectivity index (χ0n) is 19.9. The quantitative estimate of drug-likeness (QED) is 0.533. The second kappa shape index (κ2) is 11.4. The van der Waals surface area contributed by atoms with E-state index in [2.05, 4.69) is 21.2 Å². The van der Waals surface area contributed by atoms with Gasteiger partial charge >= 0.3 is 0 Å². The molecule has 0 aromatic heterocycles. The van der Waals surface area contributed by atoms with Gasteiger partial charge in [-0.15, -0.1) is 0 Å². The highest BCUT2D eigenvalue weighted by atomic mass is 35.5. The molecule has 3 fully saturated rings. The molecule has 188 valence electrons. The van der Waals surface area contributed by atoms with Crippen molar-refractivity contribution in [2.45, 2.75) is 37.8 Å². The average Bonchev–Trinajstić information content (AvgIpc) is 3.50. The molecule has 6 nitrogen and oxygen atoms in total. The minimum absolute atomic E-state index is 0.0178. The van der Waals surface area contributed by atoms with Crippen LogP contribution in [0.5, 0.6) is 5.75 Å². The van der Waals surface area contributed by atoms with Gasteiger partial charge in [-0.2, -0.15) is 0 Å². The molecule has 2 aromatic carbocycles. The molecule has 0 radical (unpaired) electrons. The molecule has 1 amide bonds. The van der Waals surface area contributed by atoms with Crippen LogP contribution in [0.2, 0.25) is 10.0 Å². The Bertz CT molecular complexity index is 1010. The van der Waals surface area contributed by atoms with Crippen molar-refractivity contribution in [2.75, 3.05) is 50.8 Å². The molecule has 0 spiro atoms. The molecule has 35 heavy (non-hydrogen) atoms. The number of carbonyl (C=O) groups is 1. The minimum Gasteiger partial charge on any atom is -0.484 e. The van der Waals surface area contributed by atoms with Crippen LogP contribution in [0.4, 0.5) is 5.69 Å². The Labute approximate surface area is 217 Å². The minimum atomic E-state index is -0.0178. The standard InChI is InChI=1S/C27H33Cl2N3O3/c28-21-4-6-23(7-5-21)32-12-9-20(15-32)27(33)30-22(16-31-10-1-2-11-31)13-19-3-8-26(25(29)14-19)35-24-17-34-18-24/h3-8,14,20,22,24H,1-2,9-13,15-18H2,(H,30,33)/t20-,22?/m1/s1. The van der Waals surface area contributed by atoms with Gasteiger partial charge in [-0.05, 0) is 80.7 Å². The summed E-state index contributed by atoms with van der Waals surface area (Å²) >= 11 is 12.6. The zero-order chi connectivity index (χ0) is 24.2. The molecule has 8 heteroatoms. The Balaban J connectivity index is 1.21. The van der Waals surface area contributed by atoms with E-state index in [1.807, 2.05) is 36.4 Å². The van der Waals surface area contributed by atoms with Crippen molar-refractivity contribution in [1.29, 1.82) is 0 Å². The number of nitrogens with one attached hydrogen (secondary N) is 1. The van der Waals surface area contributed by atoms with Crippen LogP contribution in [0.25, 0.3) is 0 Å². The normalized spacial score (nSPS) is 21.7. The topological polar surface area (TPSA) is 54.0 Å². The van der Waals surface area contributed by atoms with Crippen molar-refractivity contribution in [1.82, 2.24) is 10.2 Å². The number of benzene rings is 2. The number of halogens is 2. The Morgan fingerprint density at radius 2 is 1.86 bits per heavy atom. The second-order valence-electron chi connectivity index (χ2n) is 9.87.